The number of hydrazine groups is 1. The van der Waals surface area contributed by atoms with E-state index in [1.165, 1.54) is 5.01 Å². The Morgan fingerprint density at radius 3 is 2.59 bits per heavy atom. The Morgan fingerprint density at radius 2 is 1.94 bits per heavy atom. The molecule has 3 aliphatic rings. The first kappa shape index (κ1) is 37.3. The summed E-state index contributed by atoms with van der Waals surface area (Å²) in [4.78, 5) is 32.7. The molecule has 2 aromatic rings. The van der Waals surface area contributed by atoms with Gasteiger partial charge in [-0.3, -0.25) is 19.2 Å². The Hall–Kier alpha value is -3.01. The van der Waals surface area contributed by atoms with Crippen LogP contribution >= 0.6 is 23.5 Å². The maximum Gasteiger partial charge on any atom is 0.410 e. The fourth-order valence-electron chi connectivity index (χ4n) is 6.22. The van der Waals surface area contributed by atoms with Gasteiger partial charge in [0.05, 0.1) is 27.8 Å². The number of amides is 2. The van der Waals surface area contributed by atoms with Crippen molar-refractivity contribution in [2.24, 2.45) is 11.3 Å². The average molecular weight is 728 g/mol. The van der Waals surface area contributed by atoms with E-state index < -0.39 is 29.3 Å². The highest BCUT2D eigenvalue weighted by Crippen LogP contribution is 2.59. The van der Waals surface area contributed by atoms with E-state index in [1.807, 2.05) is 37.3 Å². The number of nitrogens with one attached hydrogen (secondary N) is 2. The zero-order valence-corrected chi connectivity index (χ0v) is 30.3. The largest absolute Gasteiger partial charge is 0.444 e. The second kappa shape index (κ2) is 14.3. The van der Waals surface area contributed by atoms with E-state index in [0.29, 0.717) is 24.8 Å². The van der Waals surface area contributed by atoms with Gasteiger partial charge >= 0.3 is 12.3 Å². The van der Waals surface area contributed by atoms with Crippen LogP contribution in [0.2, 0.25) is 5.15 Å². The van der Waals surface area contributed by atoms with Crippen LogP contribution in [0.5, 0.6) is 0 Å². The lowest BCUT2D eigenvalue weighted by Crippen LogP contribution is -2.45. The molecule has 0 bridgehead atoms. The van der Waals surface area contributed by atoms with Gasteiger partial charge in [0.1, 0.15) is 22.8 Å². The number of nitrogens with zero attached hydrogens (tertiary/aromatic N) is 5. The number of hydrogen-bond acceptors (Lipinski definition) is 9. The standard InChI is InChI=1S/C33H45ClF3N7O4S/c1-21-24(19-38-43(21)15-7-8-22-18-31(5,6)42(20-22)29(46)48-30(2,3)4)49-41-28(45)23-9-10-25(39-27(23)34)44-16-11-26(40-44)47-17-14-32(12-13-32)33(35,36)37/h9-11,16,19,22,26,40H,7-8,12-15,17-18,20H2,1-6H3,(H,41,45). The monoisotopic (exact) mass is 727 g/mol. The number of carbonyl (C=O) groups is 2. The van der Waals surface area contributed by atoms with Crippen molar-refractivity contribution in [1.82, 2.24) is 29.8 Å². The summed E-state index contributed by atoms with van der Waals surface area (Å²) in [5.74, 6) is 0.334. The van der Waals surface area contributed by atoms with Gasteiger partial charge in [0, 0.05) is 31.4 Å². The lowest BCUT2D eigenvalue weighted by atomic mass is 9.93. The van der Waals surface area contributed by atoms with Crippen molar-refractivity contribution in [3.8, 4) is 0 Å². The Balaban J connectivity index is 1.05. The van der Waals surface area contributed by atoms with Gasteiger partial charge in [0.2, 0.25) is 0 Å². The van der Waals surface area contributed by atoms with Crippen LogP contribution < -0.4 is 15.2 Å². The van der Waals surface area contributed by atoms with E-state index in [-0.39, 0.29) is 48.2 Å². The SMILES string of the molecule is Cc1c(SNC(=O)c2ccc(N3C=CC(OCCC4(C(F)(F)F)CC4)N3)nc2Cl)cnn1CCCC1CN(C(=O)OC(C)(C)C)C(C)(C)C1. The molecule has 2 N–H and O–H groups in total. The van der Waals surface area contributed by atoms with E-state index >= 15 is 0 Å². The van der Waals surface area contributed by atoms with Gasteiger partial charge in [-0.15, -0.1) is 0 Å². The molecule has 1 saturated heterocycles. The summed E-state index contributed by atoms with van der Waals surface area (Å²) in [6.45, 7) is 13.1. The van der Waals surface area contributed by atoms with Crippen molar-refractivity contribution >= 4 is 41.4 Å². The number of likely N-dealkylation sites (tertiary alicyclic amines) is 1. The van der Waals surface area contributed by atoms with Crippen LogP contribution in [0.15, 0.2) is 35.5 Å². The molecule has 1 aliphatic carbocycles. The highest BCUT2D eigenvalue weighted by atomic mass is 35.5. The number of anilines is 1. The quantitative estimate of drug-likeness (QED) is 0.171. The first-order valence-corrected chi connectivity index (χ1v) is 17.7. The van der Waals surface area contributed by atoms with Gasteiger partial charge in [-0.05, 0) is 116 Å². The second-order valence-corrected chi connectivity index (χ2v) is 15.8. The van der Waals surface area contributed by atoms with Crippen molar-refractivity contribution in [2.75, 3.05) is 18.2 Å². The van der Waals surface area contributed by atoms with Gasteiger partial charge in [-0.1, -0.05) is 11.6 Å². The molecule has 270 valence electrons. The summed E-state index contributed by atoms with van der Waals surface area (Å²) >= 11 is 7.52. The fraction of sp³-hybridized carbons (Fsp3) is 0.636. The summed E-state index contributed by atoms with van der Waals surface area (Å²) in [5, 5.41) is 6.03. The third-order valence-corrected chi connectivity index (χ3v) is 10.4. The Bertz CT molecular complexity index is 1560. The molecule has 49 heavy (non-hydrogen) atoms. The van der Waals surface area contributed by atoms with Gasteiger partial charge in [0.25, 0.3) is 5.91 Å². The van der Waals surface area contributed by atoms with Crippen LogP contribution in [-0.2, 0) is 16.0 Å². The van der Waals surface area contributed by atoms with Crippen LogP contribution in [0.3, 0.4) is 0 Å². The lowest BCUT2D eigenvalue weighted by Gasteiger charge is -2.33. The molecule has 5 rings (SSSR count). The van der Waals surface area contributed by atoms with Gasteiger partial charge in [-0.25, -0.2) is 9.78 Å². The number of pyridine rings is 1. The van der Waals surface area contributed by atoms with Crippen LogP contribution in [0.1, 0.15) is 89.2 Å². The minimum Gasteiger partial charge on any atom is -0.444 e. The van der Waals surface area contributed by atoms with E-state index in [0.717, 1.165) is 41.8 Å². The number of carbonyl (C=O) groups excluding carboxylic acids is 2. The minimum absolute atomic E-state index is 0.0104. The maximum atomic E-state index is 13.2. The van der Waals surface area contributed by atoms with E-state index in [9.17, 15) is 22.8 Å². The molecule has 4 heterocycles. The molecule has 16 heteroatoms. The van der Waals surface area contributed by atoms with E-state index in [4.69, 9.17) is 21.1 Å². The van der Waals surface area contributed by atoms with Crippen LogP contribution in [0.4, 0.5) is 23.8 Å². The summed E-state index contributed by atoms with van der Waals surface area (Å²) in [6.07, 6.45) is 2.88. The van der Waals surface area contributed by atoms with Crippen molar-refractivity contribution in [1.29, 1.82) is 0 Å². The zero-order chi connectivity index (χ0) is 35.8. The van der Waals surface area contributed by atoms with Crippen molar-refractivity contribution in [2.45, 2.75) is 115 Å². The number of alkyl halides is 3. The Labute approximate surface area is 294 Å². The zero-order valence-electron chi connectivity index (χ0n) is 28.7. The number of aryl methyl sites for hydroxylation is 1. The third-order valence-electron chi connectivity index (χ3n) is 9.20. The normalized spacial score (nSPS) is 21.3. The van der Waals surface area contributed by atoms with Crippen LogP contribution in [0.25, 0.3) is 0 Å². The minimum atomic E-state index is -4.21. The van der Waals surface area contributed by atoms with Crippen molar-refractivity contribution in [3.63, 3.8) is 0 Å². The van der Waals surface area contributed by atoms with Crippen molar-refractivity contribution < 1.29 is 32.2 Å². The predicted octanol–water partition coefficient (Wildman–Crippen LogP) is 7.41. The molecule has 1 saturated carbocycles. The second-order valence-electron chi connectivity index (χ2n) is 14.6. The fourth-order valence-corrected chi connectivity index (χ4v) is 7.12. The Morgan fingerprint density at radius 1 is 1.20 bits per heavy atom. The summed E-state index contributed by atoms with van der Waals surface area (Å²) in [7, 11) is 0. The number of halogens is 4. The molecule has 0 spiro atoms. The van der Waals surface area contributed by atoms with E-state index in [1.54, 1.807) is 30.6 Å². The molecule has 2 amide bonds. The van der Waals surface area contributed by atoms with Crippen LogP contribution in [-0.4, -0.2) is 68.4 Å². The van der Waals surface area contributed by atoms with Gasteiger partial charge in [-0.2, -0.15) is 23.7 Å². The molecule has 11 nitrogen and oxygen atoms in total. The number of ether oxygens (including phenoxy) is 2. The van der Waals surface area contributed by atoms with E-state index in [2.05, 4.69) is 34.1 Å². The number of hydrogen-bond donors (Lipinski definition) is 2. The predicted molar refractivity (Wildman–Crippen MR) is 181 cm³/mol. The highest BCUT2D eigenvalue weighted by Gasteiger charge is 2.62. The summed E-state index contributed by atoms with van der Waals surface area (Å²) in [5.41, 5.74) is 1.68. The molecule has 2 aliphatic heterocycles. The molecule has 2 unspecified atom stereocenters. The molecule has 0 radical (unpaired) electrons. The van der Waals surface area contributed by atoms with Gasteiger partial charge in [0.15, 0.2) is 0 Å². The highest BCUT2D eigenvalue weighted by molar-refractivity contribution is 7.98. The van der Waals surface area contributed by atoms with Crippen molar-refractivity contribution in [3.05, 3.63) is 47.0 Å². The molecular weight excluding hydrogens is 683 g/mol. The summed E-state index contributed by atoms with van der Waals surface area (Å²) in [6, 6.07) is 3.16. The molecule has 0 aromatic carbocycles. The third kappa shape index (κ3) is 9.02. The average Bonchev–Trinajstić information content (AvgIpc) is 3.35. The number of aromatic nitrogens is 3. The first-order chi connectivity index (χ1) is 22.9. The molecule has 2 atom stereocenters. The number of rotatable bonds is 12. The first-order valence-electron chi connectivity index (χ1n) is 16.5. The summed E-state index contributed by atoms with van der Waals surface area (Å²) < 4.78 is 55.4. The maximum absolute atomic E-state index is 13.2. The van der Waals surface area contributed by atoms with Crippen LogP contribution in [0, 0.1) is 18.3 Å². The Kier molecular flexibility index (Phi) is 10.9. The molecular formula is C33H45ClF3N7O4S. The smallest absolute Gasteiger partial charge is 0.410 e. The topological polar surface area (TPSA) is 114 Å². The lowest BCUT2D eigenvalue weighted by molar-refractivity contribution is -0.192. The molecule has 2 aromatic heterocycles. The molecule has 2 fully saturated rings. The van der Waals surface area contributed by atoms with Gasteiger partial charge < -0.3 is 14.4 Å².